The second kappa shape index (κ2) is 4.70. The van der Waals surface area contributed by atoms with E-state index in [2.05, 4.69) is 0 Å². The van der Waals surface area contributed by atoms with Gasteiger partial charge in [-0.3, -0.25) is 10.1 Å². The molecular formula is C13H10ClFN2O4. The Morgan fingerprint density at radius 3 is 2.71 bits per heavy atom. The third-order valence-corrected chi connectivity index (χ3v) is 3.94. The van der Waals surface area contributed by atoms with Crippen molar-refractivity contribution in [1.29, 1.82) is 0 Å². The Bertz CT molecular complexity index is 700. The van der Waals surface area contributed by atoms with Crippen molar-refractivity contribution in [1.82, 2.24) is 0 Å². The first-order valence-corrected chi connectivity index (χ1v) is 6.65. The normalized spacial score (nSPS) is 17.2. The van der Waals surface area contributed by atoms with Gasteiger partial charge in [-0.05, 0) is 24.5 Å². The van der Waals surface area contributed by atoms with Gasteiger partial charge in [0.15, 0.2) is 5.02 Å². The lowest BCUT2D eigenvalue weighted by Crippen LogP contribution is -2.27. The van der Waals surface area contributed by atoms with Crippen molar-refractivity contribution in [3.05, 3.63) is 44.4 Å². The van der Waals surface area contributed by atoms with Crippen LogP contribution in [-0.4, -0.2) is 22.0 Å². The van der Waals surface area contributed by atoms with Crippen molar-refractivity contribution in [2.75, 3.05) is 4.90 Å². The fraction of sp³-hybridized carbons (Fsp3) is 0.308. The van der Waals surface area contributed by atoms with Crippen molar-refractivity contribution in [3.63, 3.8) is 0 Å². The highest BCUT2D eigenvalue weighted by Gasteiger charge is 2.39. The lowest BCUT2D eigenvalue weighted by atomic mass is 9.98. The minimum atomic E-state index is -1.12. The average Bonchev–Trinajstić information content (AvgIpc) is 3.22. The highest BCUT2D eigenvalue weighted by molar-refractivity contribution is 6.33. The number of nitro groups is 1. The summed E-state index contributed by atoms with van der Waals surface area (Å²) >= 11 is 5.73. The van der Waals surface area contributed by atoms with E-state index in [0.29, 0.717) is 0 Å². The van der Waals surface area contributed by atoms with E-state index in [9.17, 15) is 19.3 Å². The Hall–Kier alpha value is -2.15. The Kier molecular flexibility index (Phi) is 3.09. The van der Waals surface area contributed by atoms with Crippen LogP contribution in [-0.2, 0) is 11.2 Å². The van der Waals surface area contributed by atoms with E-state index >= 15 is 0 Å². The van der Waals surface area contributed by atoms with Crippen LogP contribution in [0.4, 0.5) is 15.8 Å². The number of fused-ring (bicyclic) bond motifs is 1. The van der Waals surface area contributed by atoms with E-state index < -0.39 is 27.4 Å². The van der Waals surface area contributed by atoms with Crippen molar-refractivity contribution in [2.24, 2.45) is 0 Å². The average molecular weight is 313 g/mol. The second-order valence-corrected chi connectivity index (χ2v) is 5.44. The van der Waals surface area contributed by atoms with Crippen LogP contribution >= 0.6 is 11.6 Å². The van der Waals surface area contributed by atoms with E-state index in [1.165, 1.54) is 6.20 Å². The molecule has 1 saturated carbocycles. The van der Waals surface area contributed by atoms with Crippen molar-refractivity contribution in [3.8, 4) is 0 Å². The number of anilines is 1. The molecule has 8 heteroatoms. The third-order valence-electron chi connectivity index (χ3n) is 3.58. The maximum Gasteiger partial charge on any atom is 0.333 e. The van der Waals surface area contributed by atoms with E-state index in [1.807, 2.05) is 0 Å². The molecule has 110 valence electrons. The van der Waals surface area contributed by atoms with E-state index in [0.717, 1.165) is 18.9 Å². The number of hydrogen-bond donors (Lipinski definition) is 1. The number of nitro benzene ring substituents is 1. The van der Waals surface area contributed by atoms with Crippen LogP contribution in [0.3, 0.4) is 0 Å². The molecule has 0 bridgehead atoms. The smallest absolute Gasteiger partial charge is 0.333 e. The van der Waals surface area contributed by atoms with Gasteiger partial charge in [-0.1, -0.05) is 11.6 Å². The van der Waals surface area contributed by atoms with Gasteiger partial charge in [0, 0.05) is 18.7 Å². The first-order valence-electron chi connectivity index (χ1n) is 6.27. The quantitative estimate of drug-likeness (QED) is 0.685. The number of carbonyl (C=O) groups is 1. The predicted octanol–water partition coefficient (Wildman–Crippen LogP) is 2.88. The van der Waals surface area contributed by atoms with Gasteiger partial charge in [0.2, 0.25) is 0 Å². The molecular weight excluding hydrogens is 303 g/mol. The van der Waals surface area contributed by atoms with Crippen LogP contribution in [0.5, 0.6) is 0 Å². The molecule has 3 rings (SSSR count). The van der Waals surface area contributed by atoms with Gasteiger partial charge in [0.05, 0.1) is 10.5 Å². The SMILES string of the molecule is O=C(O)C1=CN(C2CC2)c2c(cc(F)c(Cl)c2[N+](=O)[O-])C1. The summed E-state index contributed by atoms with van der Waals surface area (Å²) in [4.78, 5) is 23.2. The first kappa shape index (κ1) is 13.8. The van der Waals surface area contributed by atoms with Gasteiger partial charge < -0.3 is 10.0 Å². The molecule has 1 heterocycles. The molecule has 2 aliphatic rings. The molecule has 1 aromatic rings. The van der Waals surface area contributed by atoms with E-state index in [-0.39, 0.29) is 29.3 Å². The molecule has 0 saturated heterocycles. The van der Waals surface area contributed by atoms with E-state index in [1.54, 1.807) is 4.90 Å². The standard InChI is InChI=1S/C13H10ClFN2O4/c14-10-9(15)4-6-3-7(13(18)19)5-16(8-1-2-8)11(6)12(10)17(20)21/h4-5,8H,1-3H2,(H,18,19). The minimum Gasteiger partial charge on any atom is -0.478 e. The third kappa shape index (κ3) is 2.23. The molecule has 0 radical (unpaired) electrons. The zero-order valence-electron chi connectivity index (χ0n) is 10.7. The zero-order valence-corrected chi connectivity index (χ0v) is 11.4. The van der Waals surface area contributed by atoms with Gasteiger partial charge in [-0.25, -0.2) is 9.18 Å². The number of carboxylic acid groups (broad SMARTS) is 1. The Balaban J connectivity index is 2.24. The van der Waals surface area contributed by atoms with Gasteiger partial charge in [-0.15, -0.1) is 0 Å². The molecule has 21 heavy (non-hydrogen) atoms. The zero-order chi connectivity index (χ0) is 15.3. The highest BCUT2D eigenvalue weighted by atomic mass is 35.5. The van der Waals surface area contributed by atoms with Crippen LogP contribution in [0.1, 0.15) is 18.4 Å². The summed E-state index contributed by atoms with van der Waals surface area (Å²) in [5, 5.41) is 19.8. The van der Waals surface area contributed by atoms with Crippen molar-refractivity contribution < 1.29 is 19.2 Å². The maximum absolute atomic E-state index is 13.8. The molecule has 1 aromatic carbocycles. The largest absolute Gasteiger partial charge is 0.478 e. The summed E-state index contributed by atoms with van der Waals surface area (Å²) in [6, 6.07) is 1.08. The number of rotatable bonds is 3. The number of aliphatic carboxylic acids is 1. The minimum absolute atomic E-state index is 0.00127. The summed E-state index contributed by atoms with van der Waals surface area (Å²) in [5.41, 5.74) is 0.0546. The number of benzene rings is 1. The van der Waals surface area contributed by atoms with Gasteiger partial charge >= 0.3 is 11.7 Å². The lowest BCUT2D eigenvalue weighted by molar-refractivity contribution is -0.384. The fourth-order valence-electron chi connectivity index (χ4n) is 2.50. The van der Waals surface area contributed by atoms with Gasteiger partial charge in [-0.2, -0.15) is 0 Å². The Labute approximate surface area is 123 Å². The molecule has 1 N–H and O–H groups in total. The van der Waals surface area contributed by atoms with Crippen molar-refractivity contribution >= 4 is 28.9 Å². The molecule has 1 fully saturated rings. The topological polar surface area (TPSA) is 83.7 Å². The Morgan fingerprint density at radius 2 is 2.19 bits per heavy atom. The first-order chi connectivity index (χ1) is 9.90. The molecule has 0 aromatic heterocycles. The maximum atomic E-state index is 13.8. The summed E-state index contributed by atoms with van der Waals surface area (Å²) in [6.45, 7) is 0. The fourth-order valence-corrected chi connectivity index (χ4v) is 2.71. The predicted molar refractivity (Wildman–Crippen MR) is 73.0 cm³/mol. The molecule has 0 amide bonds. The molecule has 6 nitrogen and oxygen atoms in total. The lowest BCUT2D eigenvalue weighted by Gasteiger charge is -2.28. The van der Waals surface area contributed by atoms with Crippen LogP contribution in [0.2, 0.25) is 5.02 Å². The summed E-state index contributed by atoms with van der Waals surface area (Å²) < 4.78 is 13.8. The Morgan fingerprint density at radius 1 is 1.52 bits per heavy atom. The van der Waals surface area contributed by atoms with Crippen molar-refractivity contribution in [2.45, 2.75) is 25.3 Å². The van der Waals surface area contributed by atoms with Crippen LogP contribution in [0.25, 0.3) is 0 Å². The van der Waals surface area contributed by atoms with Crippen LogP contribution in [0, 0.1) is 15.9 Å². The number of hydrogen-bond acceptors (Lipinski definition) is 4. The molecule has 0 unspecified atom stereocenters. The molecule has 1 aliphatic heterocycles. The molecule has 0 atom stereocenters. The summed E-state index contributed by atoms with van der Waals surface area (Å²) in [5.74, 6) is -2.03. The molecule has 0 spiro atoms. The number of halogens is 2. The highest BCUT2D eigenvalue weighted by Crippen LogP contribution is 2.46. The van der Waals surface area contributed by atoms with Gasteiger partial charge in [0.25, 0.3) is 0 Å². The van der Waals surface area contributed by atoms with Gasteiger partial charge in [0.1, 0.15) is 11.5 Å². The monoisotopic (exact) mass is 312 g/mol. The summed E-state index contributed by atoms with van der Waals surface area (Å²) in [6.07, 6.45) is 2.93. The van der Waals surface area contributed by atoms with Crippen LogP contribution < -0.4 is 4.90 Å². The summed E-state index contributed by atoms with van der Waals surface area (Å²) in [7, 11) is 0. The molecule has 1 aliphatic carbocycles. The van der Waals surface area contributed by atoms with Crippen LogP contribution in [0.15, 0.2) is 17.8 Å². The van der Waals surface area contributed by atoms with E-state index in [4.69, 9.17) is 16.7 Å². The number of nitrogens with zero attached hydrogens (tertiary/aromatic N) is 2. The second-order valence-electron chi connectivity index (χ2n) is 5.06. The number of carboxylic acids is 1.